The number of rotatable bonds is 3. The minimum Gasteiger partial charge on any atom is -0.360 e. The Morgan fingerprint density at radius 1 is 1.06 bits per heavy atom. The predicted molar refractivity (Wildman–Crippen MR) is 81.7 cm³/mol. The molecule has 0 aliphatic heterocycles. The summed E-state index contributed by atoms with van der Waals surface area (Å²) in [7, 11) is 0. The van der Waals surface area contributed by atoms with E-state index in [4.69, 9.17) is 12.2 Å². The van der Waals surface area contributed by atoms with Crippen molar-refractivity contribution in [3.05, 3.63) is 0 Å². The summed E-state index contributed by atoms with van der Waals surface area (Å²) in [6, 6.07) is 1.22. The van der Waals surface area contributed by atoms with Gasteiger partial charge in [0.2, 0.25) is 0 Å². The van der Waals surface area contributed by atoms with Gasteiger partial charge < -0.3 is 10.6 Å². The van der Waals surface area contributed by atoms with E-state index in [9.17, 15) is 0 Å². The van der Waals surface area contributed by atoms with E-state index >= 15 is 0 Å². The van der Waals surface area contributed by atoms with Crippen LogP contribution in [-0.2, 0) is 0 Å². The van der Waals surface area contributed by atoms with Crippen LogP contribution in [0.2, 0.25) is 0 Å². The highest BCUT2D eigenvalue weighted by Gasteiger charge is 2.30. The predicted octanol–water partition coefficient (Wildman–Crippen LogP) is 3.61. The molecule has 0 aromatic carbocycles. The van der Waals surface area contributed by atoms with Gasteiger partial charge in [0.25, 0.3) is 0 Å². The molecule has 0 spiro atoms. The number of thiocarbonyl (C=S) groups is 1. The third-order valence-corrected chi connectivity index (χ3v) is 5.10. The van der Waals surface area contributed by atoms with Gasteiger partial charge in [0.15, 0.2) is 5.11 Å². The summed E-state index contributed by atoms with van der Waals surface area (Å²) >= 11 is 5.50. The first kappa shape index (κ1) is 14.1. The highest BCUT2D eigenvalue weighted by atomic mass is 32.1. The summed E-state index contributed by atoms with van der Waals surface area (Å²) in [6.45, 7) is 4.68. The lowest BCUT2D eigenvalue weighted by molar-refractivity contribution is 0.210. The Hall–Kier alpha value is -0.310. The standard InChI is InChI=1S/C15H28N2S/c1-3-12-8-6-7-11(2)14(12)17-15(18)16-13-9-4-5-10-13/h11-14H,3-10H2,1-2H3,(H2,16,17,18). The van der Waals surface area contributed by atoms with E-state index in [1.165, 1.54) is 51.4 Å². The fourth-order valence-electron chi connectivity index (χ4n) is 3.69. The van der Waals surface area contributed by atoms with Gasteiger partial charge in [-0.1, -0.05) is 39.5 Å². The highest BCUT2D eigenvalue weighted by Crippen LogP contribution is 2.31. The minimum atomic E-state index is 0.588. The molecule has 2 rings (SSSR count). The van der Waals surface area contributed by atoms with Gasteiger partial charge in [-0.25, -0.2) is 0 Å². The van der Waals surface area contributed by atoms with Crippen LogP contribution in [-0.4, -0.2) is 17.2 Å². The second-order valence-corrected chi connectivity index (χ2v) is 6.61. The van der Waals surface area contributed by atoms with Gasteiger partial charge in [-0.15, -0.1) is 0 Å². The molecule has 0 heterocycles. The lowest BCUT2D eigenvalue weighted by atomic mass is 9.76. The van der Waals surface area contributed by atoms with E-state index in [1.807, 2.05) is 0 Å². The topological polar surface area (TPSA) is 24.1 Å². The monoisotopic (exact) mass is 268 g/mol. The molecule has 2 fully saturated rings. The molecule has 0 aromatic rings. The number of nitrogens with one attached hydrogen (secondary N) is 2. The van der Waals surface area contributed by atoms with Crippen LogP contribution in [0.15, 0.2) is 0 Å². The zero-order chi connectivity index (χ0) is 13.0. The summed E-state index contributed by atoms with van der Waals surface area (Å²) in [5.74, 6) is 1.56. The Morgan fingerprint density at radius 2 is 1.78 bits per heavy atom. The third kappa shape index (κ3) is 3.59. The zero-order valence-electron chi connectivity index (χ0n) is 11.9. The summed E-state index contributed by atoms with van der Waals surface area (Å²) in [5.41, 5.74) is 0. The van der Waals surface area contributed by atoms with E-state index in [0.717, 1.165) is 16.9 Å². The van der Waals surface area contributed by atoms with E-state index in [-0.39, 0.29) is 0 Å². The normalized spacial score (nSPS) is 33.3. The van der Waals surface area contributed by atoms with Crippen molar-refractivity contribution in [2.45, 2.75) is 77.3 Å². The summed E-state index contributed by atoms with van der Waals surface area (Å²) in [5, 5.41) is 8.03. The van der Waals surface area contributed by atoms with Crippen LogP contribution < -0.4 is 10.6 Å². The molecule has 3 heteroatoms. The molecule has 3 unspecified atom stereocenters. The Balaban J connectivity index is 1.83. The first-order valence-electron chi connectivity index (χ1n) is 7.77. The van der Waals surface area contributed by atoms with Gasteiger partial charge in [0.05, 0.1) is 0 Å². The zero-order valence-corrected chi connectivity index (χ0v) is 12.7. The van der Waals surface area contributed by atoms with Crippen LogP contribution in [0.1, 0.15) is 65.2 Å². The van der Waals surface area contributed by atoms with Crippen molar-refractivity contribution in [2.75, 3.05) is 0 Å². The van der Waals surface area contributed by atoms with Gasteiger partial charge in [0.1, 0.15) is 0 Å². The van der Waals surface area contributed by atoms with Crippen LogP contribution in [0.3, 0.4) is 0 Å². The van der Waals surface area contributed by atoms with Crippen LogP contribution in [0, 0.1) is 11.8 Å². The number of hydrogen-bond acceptors (Lipinski definition) is 1. The maximum atomic E-state index is 5.50. The maximum Gasteiger partial charge on any atom is 0.166 e. The summed E-state index contributed by atoms with van der Waals surface area (Å²) in [6.07, 6.45) is 10.7. The lowest BCUT2D eigenvalue weighted by Crippen LogP contribution is -2.51. The fourth-order valence-corrected chi connectivity index (χ4v) is 4.00. The largest absolute Gasteiger partial charge is 0.360 e. The van der Waals surface area contributed by atoms with Gasteiger partial charge in [0, 0.05) is 12.1 Å². The van der Waals surface area contributed by atoms with Crippen molar-refractivity contribution >= 4 is 17.3 Å². The van der Waals surface area contributed by atoms with Gasteiger partial charge in [-0.3, -0.25) is 0 Å². The first-order chi connectivity index (χ1) is 8.70. The smallest absolute Gasteiger partial charge is 0.166 e. The van der Waals surface area contributed by atoms with Crippen LogP contribution >= 0.6 is 12.2 Å². The molecular weight excluding hydrogens is 240 g/mol. The van der Waals surface area contributed by atoms with Crippen molar-refractivity contribution < 1.29 is 0 Å². The molecule has 2 aliphatic rings. The third-order valence-electron chi connectivity index (χ3n) is 4.87. The molecule has 0 radical (unpaired) electrons. The molecule has 2 aliphatic carbocycles. The molecule has 3 atom stereocenters. The highest BCUT2D eigenvalue weighted by molar-refractivity contribution is 7.80. The minimum absolute atomic E-state index is 0.588. The van der Waals surface area contributed by atoms with Crippen molar-refractivity contribution in [3.8, 4) is 0 Å². The van der Waals surface area contributed by atoms with Crippen molar-refractivity contribution in [2.24, 2.45) is 11.8 Å². The first-order valence-corrected chi connectivity index (χ1v) is 8.18. The van der Waals surface area contributed by atoms with Crippen molar-refractivity contribution in [3.63, 3.8) is 0 Å². The Bertz CT molecular complexity index is 274. The van der Waals surface area contributed by atoms with Crippen LogP contribution in [0.4, 0.5) is 0 Å². The average molecular weight is 268 g/mol. The molecule has 2 N–H and O–H groups in total. The molecule has 0 amide bonds. The second-order valence-electron chi connectivity index (χ2n) is 6.20. The number of hydrogen-bond donors (Lipinski definition) is 2. The van der Waals surface area contributed by atoms with Gasteiger partial charge in [-0.2, -0.15) is 0 Å². The fraction of sp³-hybridized carbons (Fsp3) is 0.933. The molecule has 104 valence electrons. The molecule has 0 aromatic heterocycles. The van der Waals surface area contributed by atoms with Crippen LogP contribution in [0.5, 0.6) is 0 Å². The molecular formula is C15H28N2S. The Kier molecular flexibility index (Phi) is 5.28. The molecule has 0 bridgehead atoms. The van der Waals surface area contributed by atoms with E-state index < -0.39 is 0 Å². The van der Waals surface area contributed by atoms with Gasteiger partial charge in [-0.05, 0) is 49.7 Å². The van der Waals surface area contributed by atoms with E-state index in [0.29, 0.717) is 12.1 Å². The molecule has 18 heavy (non-hydrogen) atoms. The summed E-state index contributed by atoms with van der Waals surface area (Å²) in [4.78, 5) is 0. The molecule has 2 nitrogen and oxygen atoms in total. The molecule has 2 saturated carbocycles. The summed E-state index contributed by atoms with van der Waals surface area (Å²) < 4.78 is 0. The Labute approximate surface area is 117 Å². The average Bonchev–Trinajstić information content (AvgIpc) is 2.84. The lowest BCUT2D eigenvalue weighted by Gasteiger charge is -2.37. The quantitative estimate of drug-likeness (QED) is 0.765. The van der Waals surface area contributed by atoms with Gasteiger partial charge >= 0.3 is 0 Å². The second kappa shape index (κ2) is 6.74. The van der Waals surface area contributed by atoms with Crippen LogP contribution in [0.25, 0.3) is 0 Å². The Morgan fingerprint density at radius 3 is 2.44 bits per heavy atom. The SMILES string of the molecule is CCC1CCCC(C)C1NC(=S)NC1CCCC1. The van der Waals surface area contributed by atoms with Crippen molar-refractivity contribution in [1.82, 2.24) is 10.6 Å². The maximum absolute atomic E-state index is 5.50. The van der Waals surface area contributed by atoms with E-state index in [1.54, 1.807) is 0 Å². The molecule has 0 saturated heterocycles. The van der Waals surface area contributed by atoms with Crippen molar-refractivity contribution in [1.29, 1.82) is 0 Å². The van der Waals surface area contributed by atoms with E-state index in [2.05, 4.69) is 24.5 Å².